The molecule has 2 aliphatic rings. The molecular weight excluding hydrogens is 218 g/mol. The molecule has 0 aromatic rings. The van der Waals surface area contributed by atoms with Gasteiger partial charge < -0.3 is 15.1 Å². The van der Waals surface area contributed by atoms with Crippen molar-refractivity contribution in [3.8, 4) is 0 Å². The van der Waals surface area contributed by atoms with Crippen LogP contribution in [-0.4, -0.2) is 60.4 Å². The molecule has 0 aromatic carbocycles. The van der Waals surface area contributed by atoms with Crippen molar-refractivity contribution in [1.82, 2.24) is 15.1 Å². The maximum Gasteiger partial charge on any atom is 0.243 e. The zero-order valence-corrected chi connectivity index (χ0v) is 10.6. The van der Waals surface area contributed by atoms with Crippen molar-refractivity contribution in [2.24, 2.45) is 0 Å². The number of rotatable bonds is 2. The van der Waals surface area contributed by atoms with Crippen LogP contribution in [0.25, 0.3) is 0 Å². The fraction of sp³-hybridized carbons (Fsp3) is 0.833. The van der Waals surface area contributed by atoms with Crippen LogP contribution in [0.5, 0.6) is 0 Å². The molecule has 96 valence electrons. The number of carbonyl (C=O) groups excluding carboxylic acids is 2. The van der Waals surface area contributed by atoms with E-state index >= 15 is 0 Å². The van der Waals surface area contributed by atoms with Gasteiger partial charge in [-0.25, -0.2) is 0 Å². The molecule has 0 aromatic heterocycles. The van der Waals surface area contributed by atoms with Gasteiger partial charge >= 0.3 is 0 Å². The molecule has 2 saturated heterocycles. The van der Waals surface area contributed by atoms with Crippen molar-refractivity contribution in [3.05, 3.63) is 0 Å². The van der Waals surface area contributed by atoms with Gasteiger partial charge in [0.15, 0.2) is 0 Å². The summed E-state index contributed by atoms with van der Waals surface area (Å²) in [4.78, 5) is 27.9. The topological polar surface area (TPSA) is 52.7 Å². The first kappa shape index (κ1) is 12.4. The summed E-state index contributed by atoms with van der Waals surface area (Å²) in [5.41, 5.74) is 0. The molecule has 2 rings (SSSR count). The second kappa shape index (κ2) is 5.04. The standard InChI is InChI=1S/C12H21N3O2/c1-3-10-12(17)13-7-11(16)15(10)9-5-4-6-14(2)8-9/h9-10H,3-8H2,1-2H3,(H,13,17). The van der Waals surface area contributed by atoms with E-state index in [0.717, 1.165) is 25.9 Å². The molecule has 5 heteroatoms. The second-order valence-corrected chi connectivity index (χ2v) is 5.00. The van der Waals surface area contributed by atoms with E-state index in [1.54, 1.807) is 0 Å². The lowest BCUT2D eigenvalue weighted by molar-refractivity contribution is -0.149. The molecule has 5 nitrogen and oxygen atoms in total. The van der Waals surface area contributed by atoms with Gasteiger partial charge in [0, 0.05) is 12.6 Å². The van der Waals surface area contributed by atoms with Crippen LogP contribution in [0, 0.1) is 0 Å². The molecule has 0 saturated carbocycles. The molecule has 2 fully saturated rings. The number of piperidine rings is 1. The van der Waals surface area contributed by atoms with Crippen LogP contribution >= 0.6 is 0 Å². The highest BCUT2D eigenvalue weighted by Gasteiger charge is 2.38. The van der Waals surface area contributed by atoms with Crippen LogP contribution < -0.4 is 5.32 Å². The molecule has 0 spiro atoms. The van der Waals surface area contributed by atoms with Gasteiger partial charge in [0.2, 0.25) is 11.8 Å². The SMILES string of the molecule is CCC1C(=O)NCC(=O)N1C1CCCN(C)C1. The Labute approximate surface area is 102 Å². The van der Waals surface area contributed by atoms with E-state index in [4.69, 9.17) is 0 Å². The first-order valence-corrected chi connectivity index (χ1v) is 6.41. The minimum Gasteiger partial charge on any atom is -0.345 e. The third-order valence-electron chi connectivity index (χ3n) is 3.72. The maximum absolute atomic E-state index is 12.0. The summed E-state index contributed by atoms with van der Waals surface area (Å²) in [5, 5.41) is 2.67. The van der Waals surface area contributed by atoms with E-state index in [1.165, 1.54) is 0 Å². The molecule has 0 bridgehead atoms. The van der Waals surface area contributed by atoms with Gasteiger partial charge in [0.05, 0.1) is 6.54 Å². The van der Waals surface area contributed by atoms with Gasteiger partial charge in [0.25, 0.3) is 0 Å². The zero-order chi connectivity index (χ0) is 12.4. The Hall–Kier alpha value is -1.10. The first-order chi connectivity index (χ1) is 8.13. The summed E-state index contributed by atoms with van der Waals surface area (Å²) >= 11 is 0. The number of hydrogen-bond donors (Lipinski definition) is 1. The number of nitrogens with one attached hydrogen (secondary N) is 1. The Balaban J connectivity index is 2.14. The average molecular weight is 239 g/mol. The van der Waals surface area contributed by atoms with Gasteiger partial charge in [-0.3, -0.25) is 9.59 Å². The van der Waals surface area contributed by atoms with E-state index in [2.05, 4.69) is 17.3 Å². The van der Waals surface area contributed by atoms with Crippen molar-refractivity contribution < 1.29 is 9.59 Å². The minimum absolute atomic E-state index is 0.000302. The molecular formula is C12H21N3O2. The van der Waals surface area contributed by atoms with E-state index in [-0.39, 0.29) is 30.4 Å². The Kier molecular flexibility index (Phi) is 3.66. The van der Waals surface area contributed by atoms with Crippen molar-refractivity contribution in [2.75, 3.05) is 26.7 Å². The van der Waals surface area contributed by atoms with Crippen molar-refractivity contribution in [3.63, 3.8) is 0 Å². The molecule has 2 heterocycles. The Morgan fingerprint density at radius 1 is 1.41 bits per heavy atom. The fourth-order valence-corrected chi connectivity index (χ4v) is 2.88. The van der Waals surface area contributed by atoms with Crippen LogP contribution in [0.3, 0.4) is 0 Å². The predicted octanol–water partition coefficient (Wildman–Crippen LogP) is -0.182. The molecule has 2 unspecified atom stereocenters. The number of carbonyl (C=O) groups is 2. The van der Waals surface area contributed by atoms with E-state index in [1.807, 2.05) is 11.8 Å². The van der Waals surface area contributed by atoms with Gasteiger partial charge in [-0.2, -0.15) is 0 Å². The molecule has 17 heavy (non-hydrogen) atoms. The van der Waals surface area contributed by atoms with Crippen LogP contribution in [0.4, 0.5) is 0 Å². The molecule has 1 N–H and O–H groups in total. The van der Waals surface area contributed by atoms with E-state index < -0.39 is 0 Å². The lowest BCUT2D eigenvalue weighted by Crippen LogP contribution is -2.63. The molecule has 0 aliphatic carbocycles. The second-order valence-electron chi connectivity index (χ2n) is 5.00. The summed E-state index contributed by atoms with van der Waals surface area (Å²) in [5.74, 6) is 0.0667. The fourth-order valence-electron chi connectivity index (χ4n) is 2.88. The smallest absolute Gasteiger partial charge is 0.243 e. The largest absolute Gasteiger partial charge is 0.345 e. The number of likely N-dealkylation sites (N-methyl/N-ethyl adjacent to an activating group) is 1. The zero-order valence-electron chi connectivity index (χ0n) is 10.6. The first-order valence-electron chi connectivity index (χ1n) is 6.41. The predicted molar refractivity (Wildman–Crippen MR) is 64.5 cm³/mol. The van der Waals surface area contributed by atoms with Crippen molar-refractivity contribution in [2.45, 2.75) is 38.3 Å². The quantitative estimate of drug-likeness (QED) is 0.727. The van der Waals surface area contributed by atoms with Crippen molar-refractivity contribution >= 4 is 11.8 Å². The van der Waals surface area contributed by atoms with E-state index in [0.29, 0.717) is 6.42 Å². The lowest BCUT2D eigenvalue weighted by atomic mass is 9.99. The van der Waals surface area contributed by atoms with Gasteiger partial charge in [0.1, 0.15) is 6.04 Å². The number of piperazine rings is 1. The number of hydrogen-bond acceptors (Lipinski definition) is 3. The summed E-state index contributed by atoms with van der Waals surface area (Å²) in [7, 11) is 2.07. The maximum atomic E-state index is 12.0. The minimum atomic E-state index is -0.271. The van der Waals surface area contributed by atoms with Gasteiger partial charge in [-0.15, -0.1) is 0 Å². The normalized spacial score (nSPS) is 31.5. The number of likely N-dealkylation sites (tertiary alicyclic amines) is 1. The van der Waals surface area contributed by atoms with E-state index in [9.17, 15) is 9.59 Å². The Bertz CT molecular complexity index is 319. The van der Waals surface area contributed by atoms with Crippen LogP contribution in [0.1, 0.15) is 26.2 Å². The highest BCUT2D eigenvalue weighted by molar-refractivity contribution is 5.95. The summed E-state index contributed by atoms with van der Waals surface area (Å²) in [6.07, 6.45) is 2.81. The molecule has 2 aliphatic heterocycles. The van der Waals surface area contributed by atoms with Crippen LogP contribution in [0.15, 0.2) is 0 Å². The third kappa shape index (κ3) is 2.44. The summed E-state index contributed by atoms with van der Waals surface area (Å²) in [6.45, 7) is 4.09. The van der Waals surface area contributed by atoms with Crippen LogP contribution in [-0.2, 0) is 9.59 Å². The Morgan fingerprint density at radius 3 is 2.82 bits per heavy atom. The summed E-state index contributed by atoms with van der Waals surface area (Å²) < 4.78 is 0. The lowest BCUT2D eigenvalue weighted by Gasteiger charge is -2.43. The molecule has 2 amide bonds. The number of nitrogens with zero attached hydrogens (tertiary/aromatic N) is 2. The Morgan fingerprint density at radius 2 is 2.18 bits per heavy atom. The summed E-state index contributed by atoms with van der Waals surface area (Å²) in [6, 6.07) is -0.0648. The third-order valence-corrected chi connectivity index (χ3v) is 3.72. The van der Waals surface area contributed by atoms with Crippen LogP contribution in [0.2, 0.25) is 0 Å². The molecule has 2 atom stereocenters. The number of amides is 2. The van der Waals surface area contributed by atoms with Crippen molar-refractivity contribution in [1.29, 1.82) is 0 Å². The highest BCUT2D eigenvalue weighted by Crippen LogP contribution is 2.20. The van der Waals surface area contributed by atoms with Gasteiger partial charge in [-0.1, -0.05) is 6.92 Å². The molecule has 0 radical (unpaired) electrons. The monoisotopic (exact) mass is 239 g/mol. The average Bonchev–Trinajstić information content (AvgIpc) is 2.31. The highest BCUT2D eigenvalue weighted by atomic mass is 16.2. The van der Waals surface area contributed by atoms with Gasteiger partial charge in [-0.05, 0) is 32.9 Å².